The normalized spacial score (nSPS) is 16.1. The predicted molar refractivity (Wildman–Crippen MR) is 83.8 cm³/mol. The first-order valence-corrected chi connectivity index (χ1v) is 7.12. The van der Waals surface area contributed by atoms with Crippen LogP contribution in [0.3, 0.4) is 0 Å². The van der Waals surface area contributed by atoms with Crippen LogP contribution in [0.25, 0.3) is 5.57 Å². The summed E-state index contributed by atoms with van der Waals surface area (Å²) in [5.74, 6) is 0. The molecule has 0 saturated heterocycles. The molecule has 0 aromatic heterocycles. The molecule has 0 bridgehead atoms. The maximum atomic E-state index is 13.1. The molecule has 1 aliphatic carbocycles. The highest BCUT2D eigenvalue weighted by atomic mass is 19.4. The second kappa shape index (κ2) is 7.16. The van der Waals surface area contributed by atoms with E-state index < -0.39 is 11.7 Å². The van der Waals surface area contributed by atoms with Crippen LogP contribution in [0, 0.1) is 0 Å². The molecule has 0 unspecified atom stereocenters. The molecule has 0 radical (unpaired) electrons. The predicted octanol–water partition coefficient (Wildman–Crippen LogP) is 5.23. The van der Waals surface area contributed by atoms with Crippen LogP contribution in [0.2, 0.25) is 0 Å². The van der Waals surface area contributed by atoms with Gasteiger partial charge in [0.2, 0.25) is 0 Å². The highest BCUT2D eigenvalue weighted by Crippen LogP contribution is 2.35. The van der Waals surface area contributed by atoms with E-state index >= 15 is 0 Å². The third kappa shape index (κ3) is 4.13. The average Bonchev–Trinajstić information content (AvgIpc) is 2.51. The van der Waals surface area contributed by atoms with Gasteiger partial charge in [-0.25, -0.2) is 0 Å². The van der Waals surface area contributed by atoms with E-state index in [-0.39, 0.29) is 5.56 Å². The standard InChI is InChI=1S/C18H18F3N/c19-18(20,21)17-9-5-4-8-16(17)15(12-13-22)11-10-14-6-2-1-3-7-14/h1-2,4-6,8-9,11-13H,3,7,10,22H2/b13-12-,15-11+. The van der Waals surface area contributed by atoms with Crippen molar-refractivity contribution >= 4 is 5.57 Å². The molecule has 2 N–H and O–H groups in total. The van der Waals surface area contributed by atoms with E-state index in [1.54, 1.807) is 12.1 Å². The van der Waals surface area contributed by atoms with Crippen LogP contribution in [0.1, 0.15) is 30.4 Å². The SMILES string of the molecule is N/C=C\C(=C/CC1=CC=CCC1)c1ccccc1C(F)(F)F. The fraction of sp³-hybridized carbons (Fsp3) is 0.222. The van der Waals surface area contributed by atoms with Crippen molar-refractivity contribution in [3.05, 3.63) is 77.5 Å². The molecule has 0 amide bonds. The molecular weight excluding hydrogens is 287 g/mol. The van der Waals surface area contributed by atoms with Gasteiger partial charge in [-0.2, -0.15) is 13.2 Å². The summed E-state index contributed by atoms with van der Waals surface area (Å²) in [5.41, 5.74) is 6.62. The molecule has 1 aromatic carbocycles. The van der Waals surface area contributed by atoms with E-state index in [1.165, 1.54) is 30.0 Å². The summed E-state index contributed by atoms with van der Waals surface area (Å²) in [4.78, 5) is 0. The lowest BCUT2D eigenvalue weighted by atomic mass is 9.95. The van der Waals surface area contributed by atoms with Crippen LogP contribution in [0.15, 0.2) is 66.4 Å². The maximum absolute atomic E-state index is 13.1. The molecule has 4 heteroatoms. The van der Waals surface area contributed by atoms with Crippen molar-refractivity contribution in [1.29, 1.82) is 0 Å². The number of rotatable bonds is 4. The minimum atomic E-state index is -4.38. The van der Waals surface area contributed by atoms with Gasteiger partial charge in [0.05, 0.1) is 5.56 Å². The van der Waals surface area contributed by atoms with Gasteiger partial charge in [0, 0.05) is 0 Å². The lowest BCUT2D eigenvalue weighted by Crippen LogP contribution is -2.08. The number of benzene rings is 1. The number of allylic oxidation sites excluding steroid dienone is 7. The topological polar surface area (TPSA) is 26.0 Å². The van der Waals surface area contributed by atoms with Gasteiger partial charge in [-0.1, -0.05) is 48.1 Å². The van der Waals surface area contributed by atoms with E-state index in [0.717, 1.165) is 18.9 Å². The van der Waals surface area contributed by atoms with Crippen molar-refractivity contribution in [3.63, 3.8) is 0 Å². The van der Waals surface area contributed by atoms with Gasteiger partial charge in [-0.15, -0.1) is 0 Å². The molecule has 0 saturated carbocycles. The van der Waals surface area contributed by atoms with Crippen LogP contribution in [0.5, 0.6) is 0 Å². The molecule has 0 spiro atoms. The number of alkyl halides is 3. The van der Waals surface area contributed by atoms with E-state index in [4.69, 9.17) is 5.73 Å². The number of hydrogen-bond acceptors (Lipinski definition) is 1. The Morgan fingerprint density at radius 3 is 2.64 bits per heavy atom. The molecule has 0 fully saturated rings. The largest absolute Gasteiger partial charge is 0.417 e. The first-order valence-electron chi connectivity index (χ1n) is 7.12. The molecule has 0 atom stereocenters. The Morgan fingerprint density at radius 1 is 1.23 bits per heavy atom. The quantitative estimate of drug-likeness (QED) is 0.758. The first kappa shape index (κ1) is 16.1. The monoisotopic (exact) mass is 305 g/mol. The fourth-order valence-electron chi connectivity index (χ4n) is 2.42. The summed E-state index contributed by atoms with van der Waals surface area (Å²) in [6, 6.07) is 5.57. The summed E-state index contributed by atoms with van der Waals surface area (Å²) >= 11 is 0. The van der Waals surface area contributed by atoms with Crippen molar-refractivity contribution in [2.45, 2.75) is 25.4 Å². The molecule has 0 aliphatic heterocycles. The minimum Gasteiger partial charge on any atom is -0.405 e. The van der Waals surface area contributed by atoms with Gasteiger partial charge in [0.25, 0.3) is 0 Å². The minimum absolute atomic E-state index is 0.156. The zero-order valence-electron chi connectivity index (χ0n) is 12.1. The van der Waals surface area contributed by atoms with Gasteiger partial charge in [-0.05, 0) is 48.7 Å². The van der Waals surface area contributed by atoms with Crippen LogP contribution in [-0.2, 0) is 6.18 Å². The summed E-state index contributed by atoms with van der Waals surface area (Å²) in [5, 5.41) is 0. The lowest BCUT2D eigenvalue weighted by molar-refractivity contribution is -0.137. The summed E-state index contributed by atoms with van der Waals surface area (Å²) < 4.78 is 39.4. The van der Waals surface area contributed by atoms with E-state index in [1.807, 2.05) is 12.2 Å². The van der Waals surface area contributed by atoms with Gasteiger partial charge in [-0.3, -0.25) is 0 Å². The Balaban J connectivity index is 2.36. The second-order valence-electron chi connectivity index (χ2n) is 5.06. The first-order chi connectivity index (χ1) is 10.5. The highest BCUT2D eigenvalue weighted by molar-refractivity contribution is 5.76. The smallest absolute Gasteiger partial charge is 0.405 e. The third-order valence-electron chi connectivity index (χ3n) is 3.50. The maximum Gasteiger partial charge on any atom is 0.417 e. The number of nitrogens with two attached hydrogens (primary N) is 1. The zero-order chi connectivity index (χ0) is 16.0. The van der Waals surface area contributed by atoms with E-state index in [0.29, 0.717) is 12.0 Å². The van der Waals surface area contributed by atoms with Crippen molar-refractivity contribution in [2.24, 2.45) is 5.73 Å². The molecular formula is C18H18F3N. The van der Waals surface area contributed by atoms with Crippen LogP contribution in [0.4, 0.5) is 13.2 Å². The molecule has 0 heterocycles. The number of halogens is 3. The summed E-state index contributed by atoms with van der Waals surface area (Å²) in [7, 11) is 0. The molecule has 1 nitrogen and oxygen atoms in total. The Morgan fingerprint density at radius 2 is 2.00 bits per heavy atom. The van der Waals surface area contributed by atoms with Crippen LogP contribution in [-0.4, -0.2) is 0 Å². The Hall–Kier alpha value is -2.23. The second-order valence-corrected chi connectivity index (χ2v) is 5.06. The lowest BCUT2D eigenvalue weighted by Gasteiger charge is -2.14. The van der Waals surface area contributed by atoms with Gasteiger partial charge >= 0.3 is 6.18 Å². The van der Waals surface area contributed by atoms with Gasteiger partial charge in [0.1, 0.15) is 0 Å². The van der Waals surface area contributed by atoms with E-state index in [2.05, 4.69) is 6.08 Å². The fourth-order valence-corrected chi connectivity index (χ4v) is 2.42. The van der Waals surface area contributed by atoms with Crippen LogP contribution >= 0.6 is 0 Å². The van der Waals surface area contributed by atoms with Crippen molar-refractivity contribution in [2.75, 3.05) is 0 Å². The van der Waals surface area contributed by atoms with Crippen molar-refractivity contribution in [3.8, 4) is 0 Å². The number of hydrogen-bond donors (Lipinski definition) is 1. The van der Waals surface area contributed by atoms with E-state index in [9.17, 15) is 13.2 Å². The van der Waals surface area contributed by atoms with Crippen molar-refractivity contribution < 1.29 is 13.2 Å². The molecule has 2 rings (SSSR count). The van der Waals surface area contributed by atoms with Crippen LogP contribution < -0.4 is 5.73 Å². The Kier molecular flexibility index (Phi) is 5.26. The highest BCUT2D eigenvalue weighted by Gasteiger charge is 2.33. The van der Waals surface area contributed by atoms with Gasteiger partial charge < -0.3 is 5.73 Å². The molecule has 116 valence electrons. The average molecular weight is 305 g/mol. The molecule has 22 heavy (non-hydrogen) atoms. The third-order valence-corrected chi connectivity index (χ3v) is 3.50. The molecule has 1 aliphatic rings. The van der Waals surface area contributed by atoms with Gasteiger partial charge in [0.15, 0.2) is 0 Å². The molecule has 1 aromatic rings. The zero-order valence-corrected chi connectivity index (χ0v) is 12.1. The summed E-state index contributed by atoms with van der Waals surface area (Å²) in [6.07, 6.45) is 8.81. The Labute approximate surface area is 128 Å². The summed E-state index contributed by atoms with van der Waals surface area (Å²) in [6.45, 7) is 0. The van der Waals surface area contributed by atoms with Crippen molar-refractivity contribution in [1.82, 2.24) is 0 Å². The Bertz CT molecular complexity index is 634.